The van der Waals surface area contributed by atoms with Gasteiger partial charge in [0.15, 0.2) is 13.9 Å². The van der Waals surface area contributed by atoms with Crippen LogP contribution in [-0.4, -0.2) is 41.5 Å². The number of ether oxygens (including phenoxy) is 1. The molecule has 1 amide bonds. The van der Waals surface area contributed by atoms with Gasteiger partial charge in [0.25, 0.3) is 5.56 Å². The number of rotatable bonds is 5. The van der Waals surface area contributed by atoms with E-state index in [1.165, 1.54) is 6.07 Å². The van der Waals surface area contributed by atoms with E-state index in [4.69, 9.17) is 14.1 Å². The van der Waals surface area contributed by atoms with Gasteiger partial charge in [-0.15, -0.1) is 0 Å². The molecule has 0 saturated carbocycles. The van der Waals surface area contributed by atoms with Gasteiger partial charge in [-0.25, -0.2) is 14.2 Å². The molecule has 9 nitrogen and oxygen atoms in total. The number of benzene rings is 1. The number of aryl methyl sites for hydroxylation is 1. The fourth-order valence-electron chi connectivity index (χ4n) is 6.40. The lowest BCUT2D eigenvalue weighted by atomic mass is 9.81. The van der Waals surface area contributed by atoms with Gasteiger partial charge >= 0.3 is 5.97 Å². The Morgan fingerprint density at radius 2 is 1.98 bits per heavy atom. The fourth-order valence-corrected chi connectivity index (χ4v) is 7.32. The predicted molar refractivity (Wildman–Crippen MR) is 162 cm³/mol. The molecule has 2 atom stereocenters. The normalized spacial score (nSPS) is 20.9. The van der Waals surface area contributed by atoms with Crippen LogP contribution in [0.25, 0.3) is 22.3 Å². The van der Waals surface area contributed by atoms with Crippen LogP contribution in [0.1, 0.15) is 80.0 Å². The Hall–Kier alpha value is -3.41. The molecule has 4 heterocycles. The Bertz CT molecular complexity index is 1790. The second-order valence-corrected chi connectivity index (χ2v) is 18.3. The summed E-state index contributed by atoms with van der Waals surface area (Å²) in [7, 11) is -2.16. The highest BCUT2D eigenvalue weighted by Crippen LogP contribution is 2.46. The number of aromatic nitrogens is 2. The van der Waals surface area contributed by atoms with Gasteiger partial charge in [0.05, 0.1) is 35.1 Å². The highest BCUT2D eigenvalue weighted by Gasteiger charge is 2.46. The molecule has 2 aromatic heterocycles. The lowest BCUT2D eigenvalue weighted by Gasteiger charge is -2.36. The third-order valence-corrected chi connectivity index (χ3v) is 14.6. The molecule has 0 fully saturated rings. The van der Waals surface area contributed by atoms with Gasteiger partial charge in [-0.3, -0.25) is 9.59 Å². The maximum absolute atomic E-state index is 15.1. The number of halogens is 1. The lowest BCUT2D eigenvalue weighted by molar-refractivity contribution is -0.172. The van der Waals surface area contributed by atoms with Crippen molar-refractivity contribution in [2.75, 3.05) is 6.61 Å². The van der Waals surface area contributed by atoms with Crippen LogP contribution in [0, 0.1) is 12.7 Å². The average Bonchev–Trinajstić information content (AvgIpc) is 3.31. The number of pyridine rings is 2. The van der Waals surface area contributed by atoms with Gasteiger partial charge in [-0.2, -0.15) is 0 Å². The number of hydrogen-bond acceptors (Lipinski definition) is 7. The molecule has 0 spiro atoms. The maximum atomic E-state index is 15.1. The Kier molecular flexibility index (Phi) is 6.76. The van der Waals surface area contributed by atoms with Crippen molar-refractivity contribution in [3.63, 3.8) is 0 Å². The van der Waals surface area contributed by atoms with Crippen molar-refractivity contribution in [3.05, 3.63) is 61.7 Å². The number of carbonyl (C=O) groups is 2. The molecule has 0 unspecified atom stereocenters. The number of hydrogen-bond donors (Lipinski definition) is 2. The number of cyclic esters (lactones) is 1. The van der Waals surface area contributed by atoms with Gasteiger partial charge in [0.1, 0.15) is 19.0 Å². The molecular weight excluding hydrogens is 569 g/mol. The van der Waals surface area contributed by atoms with E-state index in [1.54, 1.807) is 24.5 Å². The molecule has 3 aromatic rings. The number of esters is 1. The van der Waals surface area contributed by atoms with Crippen LogP contribution in [-0.2, 0) is 43.9 Å². The first kappa shape index (κ1) is 29.6. The van der Waals surface area contributed by atoms with Crippen molar-refractivity contribution in [2.45, 2.75) is 96.8 Å². The summed E-state index contributed by atoms with van der Waals surface area (Å²) in [5.74, 6) is -1.39. The summed E-state index contributed by atoms with van der Waals surface area (Å²) in [6.07, 6.45) is 1.14. The Labute approximate surface area is 250 Å². The molecule has 0 radical (unpaired) electrons. The minimum absolute atomic E-state index is 0.0316. The van der Waals surface area contributed by atoms with Gasteiger partial charge in [0.2, 0.25) is 5.91 Å². The minimum Gasteiger partial charge on any atom is -0.458 e. The molecule has 2 N–H and O–H groups in total. The zero-order valence-electron chi connectivity index (χ0n) is 25.7. The van der Waals surface area contributed by atoms with Crippen LogP contribution in [0.15, 0.2) is 16.9 Å². The molecule has 6 rings (SSSR count). The van der Waals surface area contributed by atoms with E-state index in [1.807, 2.05) is 0 Å². The first-order chi connectivity index (χ1) is 20.1. The highest BCUT2D eigenvalue weighted by atomic mass is 28.4. The summed E-state index contributed by atoms with van der Waals surface area (Å²) < 4.78 is 28.1. The molecule has 43 heavy (non-hydrogen) atoms. The number of fused-ring (bicyclic) bond motifs is 5. The third kappa shape index (κ3) is 4.38. The van der Waals surface area contributed by atoms with Crippen LogP contribution in [0.4, 0.5) is 4.39 Å². The molecule has 0 saturated heterocycles. The van der Waals surface area contributed by atoms with Crippen LogP contribution in [0.5, 0.6) is 0 Å². The Morgan fingerprint density at radius 1 is 1.26 bits per heavy atom. The van der Waals surface area contributed by atoms with Crippen molar-refractivity contribution in [1.82, 2.24) is 14.9 Å². The summed E-state index contributed by atoms with van der Waals surface area (Å²) in [6.45, 7) is 13.9. The number of aliphatic hydroxyl groups is 1. The van der Waals surface area contributed by atoms with Gasteiger partial charge in [-0.05, 0) is 67.1 Å². The average molecular weight is 608 g/mol. The monoisotopic (exact) mass is 607 g/mol. The molecule has 2 aliphatic heterocycles. The summed E-state index contributed by atoms with van der Waals surface area (Å²) in [5, 5.41) is 15.2. The van der Waals surface area contributed by atoms with Gasteiger partial charge < -0.3 is 24.2 Å². The molecule has 3 aliphatic rings. The molecule has 228 valence electrons. The van der Waals surface area contributed by atoms with Gasteiger partial charge in [-0.1, -0.05) is 27.7 Å². The van der Waals surface area contributed by atoms with E-state index < -0.39 is 25.9 Å². The summed E-state index contributed by atoms with van der Waals surface area (Å²) in [6, 6.07) is 2.65. The smallest absolute Gasteiger partial charge is 0.343 e. The van der Waals surface area contributed by atoms with E-state index in [0.29, 0.717) is 35.3 Å². The predicted octanol–water partition coefficient (Wildman–Crippen LogP) is 4.65. The van der Waals surface area contributed by atoms with E-state index in [9.17, 15) is 19.5 Å². The summed E-state index contributed by atoms with van der Waals surface area (Å²) in [4.78, 5) is 44.5. The van der Waals surface area contributed by atoms with Crippen LogP contribution in [0.2, 0.25) is 18.1 Å². The summed E-state index contributed by atoms with van der Waals surface area (Å²) >= 11 is 0. The minimum atomic E-state index is -2.16. The first-order valence-electron chi connectivity index (χ1n) is 14.8. The topological polar surface area (TPSA) is 120 Å². The standard InChI is InChI=1S/C32H38FN3O6Si/c1-8-32(40)20-11-24-28-18(13-36(24)29(38)19(20)14-41-30(32)39)27-22(34-25(37)15-42-43(6,7)31(3,4)5)10-9-17-16(2)21(33)12-23(35-28)26(17)27/h11-12,22,40H,8-10,13-15H2,1-7H3,(H,34,37)/t22-,32-/m0/s1. The zero-order valence-corrected chi connectivity index (χ0v) is 26.7. The molecular formula is C32H38FN3O6Si. The molecule has 11 heteroatoms. The fraction of sp³-hybridized carbons (Fsp3) is 0.500. The van der Waals surface area contributed by atoms with Crippen molar-refractivity contribution in [2.24, 2.45) is 0 Å². The maximum Gasteiger partial charge on any atom is 0.343 e. The third-order valence-electron chi connectivity index (χ3n) is 10.1. The first-order valence-corrected chi connectivity index (χ1v) is 17.7. The molecule has 1 aromatic carbocycles. The van der Waals surface area contributed by atoms with E-state index in [-0.39, 0.29) is 59.6 Å². The van der Waals surface area contributed by atoms with Crippen molar-refractivity contribution >= 4 is 31.1 Å². The molecule has 0 bridgehead atoms. The van der Waals surface area contributed by atoms with Crippen LogP contribution < -0.4 is 10.9 Å². The van der Waals surface area contributed by atoms with Crippen molar-refractivity contribution < 1.29 is 28.2 Å². The highest BCUT2D eigenvalue weighted by molar-refractivity contribution is 6.74. The Balaban J connectivity index is 1.49. The van der Waals surface area contributed by atoms with Crippen LogP contribution in [0.3, 0.4) is 0 Å². The largest absolute Gasteiger partial charge is 0.458 e. The second-order valence-electron chi connectivity index (χ2n) is 13.5. The number of amides is 1. The lowest BCUT2D eigenvalue weighted by Crippen LogP contribution is -2.44. The van der Waals surface area contributed by atoms with Crippen molar-refractivity contribution in [3.8, 4) is 11.4 Å². The number of nitrogens with one attached hydrogen (secondary N) is 1. The van der Waals surface area contributed by atoms with Gasteiger partial charge in [0, 0.05) is 22.6 Å². The molecule has 1 aliphatic carbocycles. The summed E-state index contributed by atoms with van der Waals surface area (Å²) in [5.41, 5.74) is 2.47. The van der Waals surface area contributed by atoms with E-state index >= 15 is 4.39 Å². The SMILES string of the molecule is CC[C@@]1(O)C(=O)OCc2c1cc1n(c2=O)Cc2c-1nc1cc(F)c(C)c3c1c2[C@@H](NC(=O)CO[Si](C)(C)C(C)(C)C)CC3. The van der Waals surface area contributed by atoms with E-state index in [0.717, 1.165) is 22.1 Å². The number of carbonyl (C=O) groups excluding carboxylic acids is 2. The second kappa shape index (κ2) is 9.80. The number of nitrogens with zero attached hydrogens (tertiary/aromatic N) is 2. The van der Waals surface area contributed by atoms with Crippen molar-refractivity contribution in [1.29, 1.82) is 0 Å². The van der Waals surface area contributed by atoms with Crippen LogP contribution >= 0.6 is 0 Å². The quantitative estimate of drug-likeness (QED) is 0.250. The van der Waals surface area contributed by atoms with E-state index in [2.05, 4.69) is 39.2 Å². The Morgan fingerprint density at radius 3 is 2.65 bits per heavy atom. The zero-order chi connectivity index (χ0) is 31.2.